The number of nitrogens with one attached hydrogen (secondary N) is 1. The molecule has 4 heterocycles. The molecule has 1 N–H and O–H groups in total. The summed E-state index contributed by atoms with van der Waals surface area (Å²) in [6.07, 6.45) is 4.74. The van der Waals surface area contributed by atoms with Crippen molar-refractivity contribution in [3.8, 4) is 11.1 Å². The Kier molecular flexibility index (Phi) is 4.96. The molecule has 0 saturated heterocycles. The first-order chi connectivity index (χ1) is 13.5. The van der Waals surface area contributed by atoms with E-state index in [1.807, 2.05) is 26.1 Å². The predicted octanol–water partition coefficient (Wildman–Crippen LogP) is 4.18. The quantitative estimate of drug-likeness (QED) is 0.679. The van der Waals surface area contributed by atoms with Gasteiger partial charge in [0.05, 0.1) is 0 Å². The molecule has 0 saturated carbocycles. The van der Waals surface area contributed by atoms with Crippen molar-refractivity contribution < 1.29 is 0 Å². The number of aryl methyl sites for hydroxylation is 1. The second-order valence-corrected chi connectivity index (χ2v) is 7.84. The predicted molar refractivity (Wildman–Crippen MR) is 114 cm³/mol. The summed E-state index contributed by atoms with van der Waals surface area (Å²) in [6, 6.07) is 5.85. The van der Waals surface area contributed by atoms with Gasteiger partial charge in [0.15, 0.2) is 0 Å². The number of aromatic amines is 1. The summed E-state index contributed by atoms with van der Waals surface area (Å²) in [5.41, 5.74) is 7.25. The SMILES string of the molecule is C=C(/C(C)=C\c1nc(C)cc(=O)[nH]1)N1CCc2ncc(-c3ccsc3)cc2C1. The molecule has 1 aliphatic rings. The summed E-state index contributed by atoms with van der Waals surface area (Å²) >= 11 is 1.69. The van der Waals surface area contributed by atoms with Gasteiger partial charge in [-0.25, -0.2) is 4.98 Å². The van der Waals surface area contributed by atoms with E-state index in [1.165, 1.54) is 17.2 Å². The van der Waals surface area contributed by atoms with Gasteiger partial charge in [0.25, 0.3) is 5.56 Å². The van der Waals surface area contributed by atoms with Crippen LogP contribution in [0.15, 0.2) is 57.8 Å². The largest absolute Gasteiger partial charge is 0.367 e. The summed E-state index contributed by atoms with van der Waals surface area (Å²) in [5.74, 6) is 0.558. The standard InChI is InChI=1S/C22H22N4OS/c1-14(8-21-24-15(2)9-22(27)25-21)16(3)26-6-4-20-19(12-26)10-18(11-23-20)17-5-7-28-13-17/h5,7-11,13H,3-4,6,12H2,1-2H3,(H,24,25,27)/b14-8-. The average Bonchev–Trinajstić information content (AvgIpc) is 3.20. The maximum Gasteiger partial charge on any atom is 0.251 e. The van der Waals surface area contributed by atoms with Gasteiger partial charge in [0.1, 0.15) is 5.82 Å². The fourth-order valence-corrected chi connectivity index (χ4v) is 4.12. The van der Waals surface area contributed by atoms with Crippen LogP contribution in [0.4, 0.5) is 0 Å². The molecule has 28 heavy (non-hydrogen) atoms. The molecule has 0 unspecified atom stereocenters. The molecule has 142 valence electrons. The number of allylic oxidation sites excluding steroid dienone is 1. The molecular weight excluding hydrogens is 368 g/mol. The maximum absolute atomic E-state index is 11.7. The smallest absolute Gasteiger partial charge is 0.251 e. The van der Waals surface area contributed by atoms with Crippen LogP contribution in [-0.2, 0) is 13.0 Å². The number of hydrogen-bond acceptors (Lipinski definition) is 5. The van der Waals surface area contributed by atoms with E-state index in [0.29, 0.717) is 11.5 Å². The van der Waals surface area contributed by atoms with Gasteiger partial charge in [-0.3, -0.25) is 9.78 Å². The maximum atomic E-state index is 11.7. The minimum absolute atomic E-state index is 0.143. The lowest BCUT2D eigenvalue weighted by atomic mass is 10.0. The highest BCUT2D eigenvalue weighted by Crippen LogP contribution is 2.28. The Bertz CT molecular complexity index is 1110. The minimum atomic E-state index is -0.143. The molecule has 3 aromatic rings. The number of pyridine rings is 1. The number of rotatable bonds is 4. The lowest BCUT2D eigenvalue weighted by Crippen LogP contribution is -2.30. The fourth-order valence-electron chi connectivity index (χ4n) is 3.45. The Labute approximate surface area is 168 Å². The van der Waals surface area contributed by atoms with Gasteiger partial charge < -0.3 is 9.88 Å². The van der Waals surface area contributed by atoms with Crippen LogP contribution in [0.25, 0.3) is 17.2 Å². The zero-order valence-electron chi connectivity index (χ0n) is 16.0. The number of aromatic nitrogens is 3. The van der Waals surface area contributed by atoms with Crippen molar-refractivity contribution in [2.75, 3.05) is 6.54 Å². The van der Waals surface area contributed by atoms with Crippen molar-refractivity contribution in [2.24, 2.45) is 0 Å². The van der Waals surface area contributed by atoms with E-state index in [-0.39, 0.29) is 5.56 Å². The molecule has 5 nitrogen and oxygen atoms in total. The Morgan fingerprint density at radius 2 is 2.21 bits per heavy atom. The van der Waals surface area contributed by atoms with E-state index < -0.39 is 0 Å². The van der Waals surface area contributed by atoms with E-state index in [1.54, 1.807) is 11.3 Å². The molecule has 0 amide bonds. The molecule has 0 aliphatic carbocycles. The molecule has 0 aromatic carbocycles. The van der Waals surface area contributed by atoms with Crippen molar-refractivity contribution in [2.45, 2.75) is 26.8 Å². The molecule has 1 aliphatic heterocycles. The second kappa shape index (κ2) is 7.56. The lowest BCUT2D eigenvalue weighted by molar-refractivity contribution is 0.326. The van der Waals surface area contributed by atoms with Crippen LogP contribution in [0.5, 0.6) is 0 Å². The molecule has 4 rings (SSSR count). The van der Waals surface area contributed by atoms with Gasteiger partial charge >= 0.3 is 0 Å². The zero-order valence-corrected chi connectivity index (χ0v) is 16.8. The molecular formula is C22H22N4OS. The number of nitrogens with zero attached hydrogens (tertiary/aromatic N) is 3. The van der Waals surface area contributed by atoms with E-state index >= 15 is 0 Å². The van der Waals surface area contributed by atoms with Crippen molar-refractivity contribution in [3.63, 3.8) is 0 Å². The van der Waals surface area contributed by atoms with Crippen LogP contribution in [0.3, 0.4) is 0 Å². The summed E-state index contributed by atoms with van der Waals surface area (Å²) in [4.78, 5) is 25.8. The molecule has 0 fully saturated rings. The second-order valence-electron chi connectivity index (χ2n) is 7.06. The van der Waals surface area contributed by atoms with Crippen molar-refractivity contribution >= 4 is 17.4 Å². The third-order valence-electron chi connectivity index (χ3n) is 4.97. The van der Waals surface area contributed by atoms with Gasteiger partial charge in [-0.05, 0) is 59.5 Å². The van der Waals surface area contributed by atoms with Crippen LogP contribution in [0, 0.1) is 6.92 Å². The third-order valence-corrected chi connectivity index (χ3v) is 5.66. The van der Waals surface area contributed by atoms with Gasteiger partial charge in [-0.1, -0.05) is 6.58 Å². The lowest BCUT2D eigenvalue weighted by Gasteiger charge is -2.32. The summed E-state index contributed by atoms with van der Waals surface area (Å²) in [7, 11) is 0. The van der Waals surface area contributed by atoms with Gasteiger partial charge in [0.2, 0.25) is 0 Å². The van der Waals surface area contributed by atoms with Crippen molar-refractivity contribution in [1.82, 2.24) is 19.9 Å². The Balaban J connectivity index is 1.56. The number of hydrogen-bond donors (Lipinski definition) is 1. The minimum Gasteiger partial charge on any atom is -0.367 e. The first-order valence-electron chi connectivity index (χ1n) is 9.20. The highest BCUT2D eigenvalue weighted by atomic mass is 32.1. The first kappa shape index (κ1) is 18.4. The van der Waals surface area contributed by atoms with Crippen LogP contribution in [0.1, 0.15) is 29.7 Å². The Morgan fingerprint density at radius 1 is 1.36 bits per heavy atom. The summed E-state index contributed by atoms with van der Waals surface area (Å²) in [5, 5.41) is 4.23. The normalized spacial score (nSPS) is 14.1. The van der Waals surface area contributed by atoms with Crippen LogP contribution < -0.4 is 5.56 Å². The molecule has 0 bridgehead atoms. The Hall–Kier alpha value is -2.99. The monoisotopic (exact) mass is 390 g/mol. The molecule has 6 heteroatoms. The molecule has 0 atom stereocenters. The molecule has 3 aromatic heterocycles. The van der Waals surface area contributed by atoms with E-state index in [9.17, 15) is 4.79 Å². The van der Waals surface area contributed by atoms with Gasteiger partial charge in [-0.2, -0.15) is 11.3 Å². The first-order valence-corrected chi connectivity index (χ1v) is 10.1. The topological polar surface area (TPSA) is 61.9 Å². The molecule has 0 radical (unpaired) electrons. The highest BCUT2D eigenvalue weighted by Gasteiger charge is 2.20. The van der Waals surface area contributed by atoms with E-state index in [2.05, 4.69) is 49.3 Å². The summed E-state index contributed by atoms with van der Waals surface area (Å²) < 4.78 is 0. The van der Waals surface area contributed by atoms with Crippen LogP contribution >= 0.6 is 11.3 Å². The van der Waals surface area contributed by atoms with Gasteiger partial charge in [-0.15, -0.1) is 0 Å². The van der Waals surface area contributed by atoms with Crippen LogP contribution in [0.2, 0.25) is 0 Å². The number of thiophene rings is 1. The number of H-pyrrole nitrogens is 1. The fraction of sp³-hybridized carbons (Fsp3) is 0.227. The highest BCUT2D eigenvalue weighted by molar-refractivity contribution is 7.08. The van der Waals surface area contributed by atoms with Crippen molar-refractivity contribution in [1.29, 1.82) is 0 Å². The van der Waals surface area contributed by atoms with Crippen LogP contribution in [-0.4, -0.2) is 26.4 Å². The number of fused-ring (bicyclic) bond motifs is 1. The third kappa shape index (κ3) is 3.82. The zero-order chi connectivity index (χ0) is 19.7. The Morgan fingerprint density at radius 3 is 2.96 bits per heavy atom. The van der Waals surface area contributed by atoms with E-state index in [4.69, 9.17) is 0 Å². The van der Waals surface area contributed by atoms with Crippen molar-refractivity contribution in [3.05, 3.63) is 86.1 Å². The van der Waals surface area contributed by atoms with E-state index in [0.717, 1.165) is 42.0 Å². The van der Waals surface area contributed by atoms with Gasteiger partial charge in [0, 0.05) is 54.4 Å². The summed E-state index contributed by atoms with van der Waals surface area (Å²) in [6.45, 7) is 9.75. The average molecular weight is 391 g/mol. The molecule has 0 spiro atoms.